The lowest BCUT2D eigenvalue weighted by molar-refractivity contribution is 0.0603. The van der Waals surface area contributed by atoms with E-state index in [1.807, 2.05) is 0 Å². The van der Waals surface area contributed by atoms with Crippen molar-refractivity contribution >= 4 is 0 Å². The van der Waals surface area contributed by atoms with Crippen LogP contribution in [0, 0.1) is 29.6 Å². The maximum atomic E-state index is 3.51. The molecular formula is C17H25N. The van der Waals surface area contributed by atoms with Crippen molar-refractivity contribution in [3.8, 4) is 0 Å². The Morgan fingerprint density at radius 1 is 1.00 bits per heavy atom. The number of fused-ring (bicyclic) bond motifs is 5. The number of rotatable bonds is 0. The second-order valence-corrected chi connectivity index (χ2v) is 6.86. The van der Waals surface area contributed by atoms with Crippen LogP contribution in [-0.4, -0.2) is 6.54 Å². The Kier molecular flexibility index (Phi) is 2.74. The van der Waals surface area contributed by atoms with Crippen molar-refractivity contribution in [3.63, 3.8) is 0 Å². The predicted octanol–water partition coefficient (Wildman–Crippen LogP) is 3.88. The van der Waals surface area contributed by atoms with E-state index in [4.69, 9.17) is 0 Å². The molecule has 1 heteroatoms. The Labute approximate surface area is 111 Å². The van der Waals surface area contributed by atoms with E-state index in [1.54, 1.807) is 5.57 Å². The van der Waals surface area contributed by atoms with Crippen LogP contribution in [0.5, 0.6) is 0 Å². The third-order valence-electron chi connectivity index (χ3n) is 6.16. The largest absolute Gasteiger partial charge is 0.391 e. The summed E-state index contributed by atoms with van der Waals surface area (Å²) in [6.07, 6.45) is 17.4. The number of nitrogens with one attached hydrogen (secondary N) is 1. The van der Waals surface area contributed by atoms with Crippen molar-refractivity contribution in [2.45, 2.75) is 44.9 Å². The van der Waals surface area contributed by atoms with Crippen molar-refractivity contribution in [1.82, 2.24) is 5.32 Å². The Hall–Kier alpha value is -0.720. The molecule has 1 nitrogen and oxygen atoms in total. The molecule has 0 radical (unpaired) electrons. The molecule has 4 rings (SSSR count). The third kappa shape index (κ3) is 1.66. The smallest absolute Gasteiger partial charge is 0.0141 e. The van der Waals surface area contributed by atoms with Crippen LogP contribution in [0.25, 0.3) is 0 Å². The molecule has 1 N–H and O–H groups in total. The highest BCUT2D eigenvalue weighted by Gasteiger charge is 2.45. The molecule has 0 aromatic carbocycles. The summed E-state index contributed by atoms with van der Waals surface area (Å²) in [5, 5.41) is 3.51. The summed E-state index contributed by atoms with van der Waals surface area (Å²) in [6.45, 7) is 1.20. The highest BCUT2D eigenvalue weighted by Crippen LogP contribution is 2.54. The van der Waals surface area contributed by atoms with Crippen LogP contribution in [0.1, 0.15) is 44.9 Å². The number of hydrogen-bond donors (Lipinski definition) is 1. The summed E-state index contributed by atoms with van der Waals surface area (Å²) in [5.74, 6) is 4.95. The first-order valence-electron chi connectivity index (χ1n) is 8.02. The third-order valence-corrected chi connectivity index (χ3v) is 6.16. The highest BCUT2D eigenvalue weighted by molar-refractivity contribution is 5.17. The van der Waals surface area contributed by atoms with E-state index >= 15 is 0 Å². The minimum Gasteiger partial charge on any atom is -0.391 e. The van der Waals surface area contributed by atoms with Gasteiger partial charge in [-0.25, -0.2) is 0 Å². The summed E-state index contributed by atoms with van der Waals surface area (Å²) in [5.41, 5.74) is 1.76. The van der Waals surface area contributed by atoms with Gasteiger partial charge in [0.15, 0.2) is 0 Å². The number of allylic oxidation sites excluding steroid dienone is 3. The van der Waals surface area contributed by atoms with Crippen LogP contribution in [0.4, 0.5) is 0 Å². The van der Waals surface area contributed by atoms with Gasteiger partial charge in [-0.1, -0.05) is 17.7 Å². The van der Waals surface area contributed by atoms with E-state index in [0.29, 0.717) is 0 Å². The molecule has 5 unspecified atom stereocenters. The average molecular weight is 243 g/mol. The lowest BCUT2D eigenvalue weighted by Gasteiger charge is -2.48. The van der Waals surface area contributed by atoms with E-state index in [1.165, 1.54) is 51.5 Å². The maximum absolute atomic E-state index is 3.51. The van der Waals surface area contributed by atoms with Crippen molar-refractivity contribution in [1.29, 1.82) is 0 Å². The first-order valence-corrected chi connectivity index (χ1v) is 8.02. The molecule has 4 aliphatic rings. The Balaban J connectivity index is 1.60. The Bertz CT molecular complexity index is 381. The van der Waals surface area contributed by atoms with Crippen LogP contribution in [0.3, 0.4) is 0 Å². The molecule has 0 aromatic heterocycles. The van der Waals surface area contributed by atoms with Gasteiger partial charge < -0.3 is 5.32 Å². The van der Waals surface area contributed by atoms with Gasteiger partial charge in [0.1, 0.15) is 0 Å². The van der Waals surface area contributed by atoms with Crippen molar-refractivity contribution in [2.24, 2.45) is 29.6 Å². The SMILES string of the molecule is C1=CC2CCC3C4CCCNC=C4CCC3C2C1. The fourth-order valence-electron chi connectivity index (χ4n) is 5.37. The molecule has 2 fully saturated rings. The normalized spacial score (nSPS) is 46.2. The molecule has 2 saturated carbocycles. The summed E-state index contributed by atoms with van der Waals surface area (Å²) in [4.78, 5) is 0. The zero-order valence-electron chi connectivity index (χ0n) is 11.3. The van der Waals surface area contributed by atoms with Crippen LogP contribution < -0.4 is 5.32 Å². The molecule has 0 bridgehead atoms. The van der Waals surface area contributed by atoms with Crippen LogP contribution in [0.15, 0.2) is 23.9 Å². The van der Waals surface area contributed by atoms with E-state index in [0.717, 1.165) is 29.6 Å². The van der Waals surface area contributed by atoms with Gasteiger partial charge in [-0.05, 0) is 80.7 Å². The first-order chi connectivity index (χ1) is 8.93. The van der Waals surface area contributed by atoms with Gasteiger partial charge >= 0.3 is 0 Å². The lowest BCUT2D eigenvalue weighted by Crippen LogP contribution is -2.39. The molecule has 0 saturated heterocycles. The predicted molar refractivity (Wildman–Crippen MR) is 75.0 cm³/mol. The summed E-state index contributed by atoms with van der Waals surface area (Å²) in [7, 11) is 0. The lowest BCUT2D eigenvalue weighted by atomic mass is 9.57. The van der Waals surface area contributed by atoms with Gasteiger partial charge in [0.05, 0.1) is 0 Å². The first kappa shape index (κ1) is 11.1. The zero-order valence-corrected chi connectivity index (χ0v) is 11.3. The van der Waals surface area contributed by atoms with Crippen LogP contribution in [0.2, 0.25) is 0 Å². The van der Waals surface area contributed by atoms with Gasteiger partial charge in [0, 0.05) is 6.54 Å². The maximum Gasteiger partial charge on any atom is 0.0141 e. The van der Waals surface area contributed by atoms with Gasteiger partial charge in [-0.2, -0.15) is 0 Å². The number of hydrogen-bond acceptors (Lipinski definition) is 1. The fourth-order valence-corrected chi connectivity index (χ4v) is 5.37. The van der Waals surface area contributed by atoms with Crippen molar-refractivity contribution in [3.05, 3.63) is 23.9 Å². The molecular weight excluding hydrogens is 218 g/mol. The van der Waals surface area contributed by atoms with Crippen molar-refractivity contribution in [2.75, 3.05) is 6.54 Å². The molecule has 0 amide bonds. The van der Waals surface area contributed by atoms with Crippen molar-refractivity contribution < 1.29 is 0 Å². The van der Waals surface area contributed by atoms with E-state index in [9.17, 15) is 0 Å². The Morgan fingerprint density at radius 3 is 3.00 bits per heavy atom. The second kappa shape index (κ2) is 4.43. The van der Waals surface area contributed by atoms with E-state index in [2.05, 4.69) is 23.7 Å². The minimum absolute atomic E-state index is 0.931. The minimum atomic E-state index is 0.931. The molecule has 3 aliphatic carbocycles. The van der Waals surface area contributed by atoms with Gasteiger partial charge in [-0.15, -0.1) is 0 Å². The molecule has 5 atom stereocenters. The molecule has 0 spiro atoms. The van der Waals surface area contributed by atoms with Gasteiger partial charge in [-0.3, -0.25) is 0 Å². The molecule has 1 heterocycles. The van der Waals surface area contributed by atoms with Gasteiger partial charge in [0.25, 0.3) is 0 Å². The zero-order chi connectivity index (χ0) is 11.9. The van der Waals surface area contributed by atoms with E-state index < -0.39 is 0 Å². The Morgan fingerprint density at radius 2 is 2.00 bits per heavy atom. The standard InChI is InChI=1S/C17H25N/c1-3-12-6-8-17-15-5-2-10-18-11-13(15)7-9-16(17)14(12)4-1/h1,3,11-12,14-18H,2,4-10H2. The fraction of sp³-hybridized carbons (Fsp3) is 0.765. The summed E-state index contributed by atoms with van der Waals surface area (Å²) >= 11 is 0. The highest BCUT2D eigenvalue weighted by atomic mass is 14.8. The van der Waals surface area contributed by atoms with Gasteiger partial charge in [0.2, 0.25) is 0 Å². The summed E-state index contributed by atoms with van der Waals surface area (Å²) in [6, 6.07) is 0. The molecule has 98 valence electrons. The van der Waals surface area contributed by atoms with E-state index in [-0.39, 0.29) is 0 Å². The van der Waals surface area contributed by atoms with Crippen LogP contribution >= 0.6 is 0 Å². The topological polar surface area (TPSA) is 12.0 Å². The summed E-state index contributed by atoms with van der Waals surface area (Å²) < 4.78 is 0. The molecule has 18 heavy (non-hydrogen) atoms. The average Bonchev–Trinajstić information content (AvgIpc) is 2.75. The molecule has 1 aliphatic heterocycles. The molecule has 0 aromatic rings. The second-order valence-electron chi connectivity index (χ2n) is 6.86. The quantitative estimate of drug-likeness (QED) is 0.637. The monoisotopic (exact) mass is 243 g/mol. The van der Waals surface area contributed by atoms with Crippen LogP contribution in [-0.2, 0) is 0 Å².